The molecule has 1 aromatic carbocycles. The first-order valence-electron chi connectivity index (χ1n) is 5.58. The van der Waals surface area contributed by atoms with E-state index in [0.717, 1.165) is 11.3 Å². The van der Waals surface area contributed by atoms with Gasteiger partial charge in [0, 0.05) is 5.56 Å². The molecule has 1 heterocycles. The first-order chi connectivity index (χ1) is 9.04. The quantitative estimate of drug-likeness (QED) is 0.839. The van der Waals surface area contributed by atoms with Crippen molar-refractivity contribution in [2.24, 2.45) is 0 Å². The summed E-state index contributed by atoms with van der Waals surface area (Å²) < 4.78 is 6.83. The average molecular weight is 279 g/mol. The molecule has 0 aliphatic rings. The number of carbonyl (C=O) groups is 1. The van der Waals surface area contributed by atoms with E-state index in [2.05, 4.69) is 10.2 Å². The molecule has 6 nitrogen and oxygen atoms in total. The van der Waals surface area contributed by atoms with Crippen molar-refractivity contribution in [1.29, 1.82) is 0 Å². The van der Waals surface area contributed by atoms with E-state index in [4.69, 9.17) is 22.1 Å². The first-order valence-corrected chi connectivity index (χ1v) is 5.99. The van der Waals surface area contributed by atoms with Crippen LogP contribution in [0.4, 0.5) is 0 Å². The monoisotopic (exact) mass is 279 g/mol. The molecule has 100 valence electrons. The zero-order chi connectivity index (χ0) is 14.0. The Morgan fingerprint density at radius 3 is 2.63 bits per heavy atom. The van der Waals surface area contributed by atoms with Crippen LogP contribution in [0.15, 0.2) is 24.3 Å². The summed E-state index contributed by atoms with van der Waals surface area (Å²) in [6.45, 7) is 1.56. The van der Waals surface area contributed by atoms with Gasteiger partial charge in [0.1, 0.15) is 11.8 Å². The van der Waals surface area contributed by atoms with E-state index >= 15 is 0 Å². The minimum absolute atomic E-state index is 0.278. The van der Waals surface area contributed by atoms with Crippen LogP contribution >= 0.6 is 12.2 Å². The number of aromatic nitrogens is 3. The van der Waals surface area contributed by atoms with Crippen molar-refractivity contribution in [1.82, 2.24) is 14.8 Å². The Kier molecular flexibility index (Phi) is 3.66. The van der Waals surface area contributed by atoms with E-state index in [1.54, 1.807) is 38.3 Å². The zero-order valence-electron chi connectivity index (χ0n) is 10.5. The second-order valence-electron chi connectivity index (χ2n) is 3.97. The Labute approximate surface area is 114 Å². The van der Waals surface area contributed by atoms with Gasteiger partial charge in [-0.15, -0.1) is 0 Å². The third-order valence-corrected chi connectivity index (χ3v) is 3.09. The molecule has 2 rings (SSSR count). The minimum atomic E-state index is -0.965. The molecule has 1 atom stereocenters. The highest BCUT2D eigenvalue weighted by Crippen LogP contribution is 2.23. The summed E-state index contributed by atoms with van der Waals surface area (Å²) in [7, 11) is 1.58. The molecule has 19 heavy (non-hydrogen) atoms. The van der Waals surface area contributed by atoms with Crippen molar-refractivity contribution >= 4 is 18.2 Å². The Balaban J connectivity index is 2.50. The summed E-state index contributed by atoms with van der Waals surface area (Å²) in [5, 5.41) is 15.8. The van der Waals surface area contributed by atoms with Crippen molar-refractivity contribution in [3.8, 4) is 17.1 Å². The standard InChI is InChI=1S/C12H13N3O3S/c1-7(11(16)17)15-10(13-14-12(15)19)8-3-5-9(18-2)6-4-8/h3-7H,1-2H3,(H,14,19)(H,16,17)/t7-/m1/s1. The molecule has 0 amide bonds. The Bertz CT molecular complexity index is 645. The fourth-order valence-electron chi connectivity index (χ4n) is 1.72. The number of hydrogen-bond donors (Lipinski definition) is 2. The third-order valence-electron chi connectivity index (χ3n) is 2.80. The van der Waals surface area contributed by atoms with Crippen LogP contribution in [0.5, 0.6) is 5.75 Å². The molecule has 0 fully saturated rings. The maximum atomic E-state index is 11.1. The molecule has 7 heteroatoms. The third kappa shape index (κ3) is 2.50. The highest BCUT2D eigenvalue weighted by atomic mass is 32.1. The average Bonchev–Trinajstić information content (AvgIpc) is 2.79. The summed E-state index contributed by atoms with van der Waals surface area (Å²) >= 11 is 5.07. The number of H-pyrrole nitrogens is 1. The predicted molar refractivity (Wildman–Crippen MR) is 71.7 cm³/mol. The van der Waals surface area contributed by atoms with E-state index in [1.165, 1.54) is 4.57 Å². The highest BCUT2D eigenvalue weighted by Gasteiger charge is 2.19. The van der Waals surface area contributed by atoms with Gasteiger partial charge in [-0.25, -0.2) is 4.79 Å². The van der Waals surface area contributed by atoms with Gasteiger partial charge in [-0.05, 0) is 43.4 Å². The molecular formula is C12H13N3O3S. The number of carboxylic acid groups (broad SMARTS) is 1. The first kappa shape index (κ1) is 13.3. The number of hydrogen-bond acceptors (Lipinski definition) is 4. The molecule has 1 aromatic heterocycles. The molecule has 2 N–H and O–H groups in total. The number of benzene rings is 1. The molecule has 0 aliphatic carbocycles. The van der Waals surface area contributed by atoms with Crippen molar-refractivity contribution < 1.29 is 14.6 Å². The summed E-state index contributed by atoms with van der Waals surface area (Å²) in [5.74, 6) is 0.241. The summed E-state index contributed by atoms with van der Waals surface area (Å²) in [5.41, 5.74) is 0.765. The van der Waals surface area contributed by atoms with Crippen molar-refractivity contribution in [2.45, 2.75) is 13.0 Å². The number of aromatic amines is 1. The van der Waals surface area contributed by atoms with Gasteiger partial charge in [0.2, 0.25) is 0 Å². The molecule has 0 aliphatic heterocycles. The molecule has 0 radical (unpaired) electrons. The van der Waals surface area contributed by atoms with Gasteiger partial charge in [0.15, 0.2) is 10.6 Å². The van der Waals surface area contributed by atoms with E-state index in [0.29, 0.717) is 5.82 Å². The van der Waals surface area contributed by atoms with Gasteiger partial charge in [0.05, 0.1) is 7.11 Å². The second-order valence-corrected chi connectivity index (χ2v) is 4.35. The maximum Gasteiger partial charge on any atom is 0.326 e. The molecule has 0 saturated heterocycles. The number of carboxylic acids is 1. The van der Waals surface area contributed by atoms with Crippen LogP contribution in [0.1, 0.15) is 13.0 Å². The van der Waals surface area contributed by atoms with E-state index in [-0.39, 0.29) is 4.77 Å². The van der Waals surface area contributed by atoms with Crippen molar-refractivity contribution in [2.75, 3.05) is 7.11 Å². The number of ether oxygens (including phenoxy) is 1. The largest absolute Gasteiger partial charge is 0.497 e. The molecule has 0 spiro atoms. The van der Waals surface area contributed by atoms with Crippen LogP contribution in [0.25, 0.3) is 11.4 Å². The lowest BCUT2D eigenvalue weighted by molar-refractivity contribution is -0.140. The predicted octanol–water partition coefficient (Wildman–Crippen LogP) is 2.26. The summed E-state index contributed by atoms with van der Waals surface area (Å²) in [4.78, 5) is 11.1. The van der Waals surface area contributed by atoms with Crippen molar-refractivity contribution in [3.05, 3.63) is 29.0 Å². The normalized spacial score (nSPS) is 12.1. The van der Waals surface area contributed by atoms with Gasteiger partial charge in [-0.1, -0.05) is 0 Å². The molecule has 0 bridgehead atoms. The number of rotatable bonds is 4. The van der Waals surface area contributed by atoms with E-state index < -0.39 is 12.0 Å². The Morgan fingerprint density at radius 2 is 2.11 bits per heavy atom. The smallest absolute Gasteiger partial charge is 0.326 e. The van der Waals surface area contributed by atoms with E-state index in [9.17, 15) is 4.79 Å². The van der Waals surface area contributed by atoms with Gasteiger partial charge in [-0.3, -0.25) is 9.67 Å². The number of aliphatic carboxylic acids is 1. The van der Waals surface area contributed by atoms with Gasteiger partial charge < -0.3 is 9.84 Å². The lowest BCUT2D eigenvalue weighted by Gasteiger charge is -2.11. The lowest BCUT2D eigenvalue weighted by Crippen LogP contribution is -2.16. The number of nitrogens with zero attached hydrogens (tertiary/aromatic N) is 2. The highest BCUT2D eigenvalue weighted by molar-refractivity contribution is 7.71. The maximum absolute atomic E-state index is 11.1. The molecule has 2 aromatic rings. The second kappa shape index (κ2) is 5.23. The summed E-state index contributed by atoms with van der Waals surface area (Å²) in [6.07, 6.45) is 0. The van der Waals surface area contributed by atoms with Crippen LogP contribution < -0.4 is 4.74 Å². The zero-order valence-corrected chi connectivity index (χ0v) is 11.3. The lowest BCUT2D eigenvalue weighted by atomic mass is 10.2. The van der Waals surface area contributed by atoms with Gasteiger partial charge >= 0.3 is 5.97 Å². The minimum Gasteiger partial charge on any atom is -0.497 e. The molecular weight excluding hydrogens is 266 g/mol. The van der Waals surface area contributed by atoms with Crippen LogP contribution in [0.3, 0.4) is 0 Å². The summed E-state index contributed by atoms with van der Waals surface area (Å²) in [6, 6.07) is 6.37. The van der Waals surface area contributed by atoms with Crippen molar-refractivity contribution in [3.63, 3.8) is 0 Å². The molecule has 0 saturated carbocycles. The fourth-order valence-corrected chi connectivity index (χ4v) is 2.01. The van der Waals surface area contributed by atoms with Gasteiger partial charge in [0.25, 0.3) is 0 Å². The molecule has 0 unspecified atom stereocenters. The van der Waals surface area contributed by atoms with E-state index in [1.807, 2.05) is 0 Å². The van der Waals surface area contributed by atoms with Crippen LogP contribution in [-0.2, 0) is 4.79 Å². The fraction of sp³-hybridized carbons (Fsp3) is 0.250. The van der Waals surface area contributed by atoms with Crippen LogP contribution in [0.2, 0.25) is 0 Å². The number of nitrogens with one attached hydrogen (secondary N) is 1. The number of methoxy groups -OCH3 is 1. The SMILES string of the molecule is COc1ccc(-c2n[nH]c(=S)n2[C@H](C)C(=O)O)cc1. The van der Waals surface area contributed by atoms with Gasteiger partial charge in [-0.2, -0.15) is 5.10 Å². The van der Waals surface area contributed by atoms with Crippen LogP contribution in [-0.4, -0.2) is 33.0 Å². The van der Waals surface area contributed by atoms with Crippen LogP contribution in [0, 0.1) is 4.77 Å². The Hall–Kier alpha value is -2.15. The topological polar surface area (TPSA) is 80.1 Å². The Morgan fingerprint density at radius 1 is 1.47 bits per heavy atom.